The van der Waals surface area contributed by atoms with Crippen LogP contribution in [0.25, 0.3) is 28.5 Å². The van der Waals surface area contributed by atoms with Gasteiger partial charge in [0.25, 0.3) is 0 Å². The minimum Gasteiger partial charge on any atom is -0.508 e. The fraction of sp³-hybridized carbons (Fsp3) is 0.133. The van der Waals surface area contributed by atoms with E-state index < -0.39 is 0 Å². The minimum atomic E-state index is 0.0655. The molecule has 0 fully saturated rings. The van der Waals surface area contributed by atoms with E-state index in [9.17, 15) is 9.59 Å². The van der Waals surface area contributed by atoms with E-state index in [1.807, 2.05) is 0 Å². The zero-order chi connectivity index (χ0) is 15.3. The Kier molecular flexibility index (Phi) is 2.62. The molecule has 0 saturated heterocycles. The number of phenols is 1. The number of nitrogens with one attached hydrogen (secondary N) is 1. The van der Waals surface area contributed by atoms with Gasteiger partial charge in [-0.1, -0.05) is 4.48 Å². The molecular weight excluding hydrogens is 287 g/mol. The van der Waals surface area contributed by atoms with Gasteiger partial charge in [0.05, 0.1) is 0 Å². The molecule has 3 aromatic rings. The Hall–Kier alpha value is -2.96. The lowest BCUT2D eigenvalue weighted by Gasteiger charge is -2.17. The molecule has 0 saturated carbocycles. The van der Waals surface area contributed by atoms with Crippen LogP contribution in [0, 0.1) is 0 Å². The van der Waals surface area contributed by atoms with Gasteiger partial charge in [-0.15, -0.1) is 0 Å². The van der Waals surface area contributed by atoms with Crippen LogP contribution in [0.4, 0.5) is 10.3 Å². The monoisotopic (exact) mass is 300 g/mol. The molecule has 0 unspecified atom stereocenters. The molecule has 0 amide bonds. The van der Waals surface area contributed by atoms with Crippen molar-refractivity contribution in [3.05, 3.63) is 36.3 Å². The van der Waals surface area contributed by atoms with Gasteiger partial charge in [0.15, 0.2) is 5.76 Å². The molecule has 1 aromatic carbocycles. The Balaban J connectivity index is 1.89. The molecule has 22 heavy (non-hydrogen) atoms. The number of benzene rings is 1. The van der Waals surface area contributed by atoms with Crippen LogP contribution < -0.4 is 5.32 Å². The molecule has 3 heterocycles. The summed E-state index contributed by atoms with van der Waals surface area (Å²) in [5, 5.41) is 13.9. The Bertz CT molecular complexity index is 896. The predicted octanol–water partition coefficient (Wildman–Crippen LogP) is 3.17. The number of hydrogen-bond donors (Lipinski definition) is 2. The molecule has 0 spiro atoms. The Morgan fingerprint density at radius 3 is 3.05 bits per heavy atom. The molecule has 0 radical (unpaired) electrons. The summed E-state index contributed by atoms with van der Waals surface area (Å²) < 4.78 is 20.9. The molecular formula is C15H13FN4O2. The van der Waals surface area contributed by atoms with Crippen LogP contribution in [0.2, 0.25) is 0 Å². The highest BCUT2D eigenvalue weighted by Gasteiger charge is 2.22. The number of imidazole rings is 1. The summed E-state index contributed by atoms with van der Waals surface area (Å²) in [5.41, 5.74) is 1.26. The standard InChI is InChI=1S/C15H13FN4O2/c1-17-15-14(18-13-4-5-19(16)8-20(13)15)12-7-9-6-10(21)2-3-11(9)22-12/h2-7,17,21H,8H2,1H3. The van der Waals surface area contributed by atoms with Crippen molar-refractivity contribution in [1.29, 1.82) is 0 Å². The molecule has 112 valence electrons. The summed E-state index contributed by atoms with van der Waals surface area (Å²) in [7, 11) is 1.75. The van der Waals surface area contributed by atoms with Gasteiger partial charge in [-0.3, -0.25) is 4.57 Å². The Labute approximate surface area is 125 Å². The number of furan rings is 1. The van der Waals surface area contributed by atoms with Crippen LogP contribution in [0.3, 0.4) is 0 Å². The van der Waals surface area contributed by atoms with E-state index in [2.05, 4.69) is 10.3 Å². The molecule has 2 aromatic heterocycles. The van der Waals surface area contributed by atoms with Crippen molar-refractivity contribution in [2.24, 2.45) is 0 Å². The van der Waals surface area contributed by atoms with Gasteiger partial charge in [-0.25, -0.2) is 4.98 Å². The first-order valence-corrected chi connectivity index (χ1v) is 6.77. The molecule has 0 aliphatic carbocycles. The zero-order valence-electron chi connectivity index (χ0n) is 11.7. The van der Waals surface area contributed by atoms with E-state index in [-0.39, 0.29) is 12.4 Å². The molecule has 7 heteroatoms. The fourth-order valence-corrected chi connectivity index (χ4v) is 2.64. The Morgan fingerprint density at radius 2 is 2.23 bits per heavy atom. The lowest BCUT2D eigenvalue weighted by Crippen LogP contribution is -2.18. The van der Waals surface area contributed by atoms with Crippen LogP contribution in [-0.4, -0.2) is 26.8 Å². The third-order valence-corrected chi connectivity index (χ3v) is 3.63. The van der Waals surface area contributed by atoms with E-state index in [1.165, 1.54) is 6.20 Å². The van der Waals surface area contributed by atoms with Crippen LogP contribution in [-0.2, 0) is 6.67 Å². The number of phenolic OH excluding ortho intramolecular Hbond substituents is 1. The average molecular weight is 300 g/mol. The summed E-state index contributed by atoms with van der Waals surface area (Å²) >= 11 is 0. The number of aromatic hydroxyl groups is 1. The van der Waals surface area contributed by atoms with E-state index >= 15 is 0 Å². The molecule has 0 bridgehead atoms. The largest absolute Gasteiger partial charge is 0.508 e. The second kappa shape index (κ2) is 4.52. The molecule has 6 nitrogen and oxygen atoms in total. The maximum Gasteiger partial charge on any atom is 0.157 e. The topological polar surface area (TPSA) is 66.5 Å². The molecule has 4 rings (SSSR count). The lowest BCUT2D eigenvalue weighted by molar-refractivity contribution is 0.0501. The predicted molar refractivity (Wildman–Crippen MR) is 80.6 cm³/mol. The number of halogens is 1. The van der Waals surface area contributed by atoms with Crippen molar-refractivity contribution in [2.45, 2.75) is 6.67 Å². The van der Waals surface area contributed by atoms with Gasteiger partial charge in [0.2, 0.25) is 0 Å². The number of aromatic nitrogens is 2. The molecule has 1 aliphatic rings. The number of nitrogens with zero attached hydrogens (tertiary/aromatic N) is 3. The zero-order valence-corrected chi connectivity index (χ0v) is 11.7. The van der Waals surface area contributed by atoms with Crippen molar-refractivity contribution >= 4 is 22.9 Å². The van der Waals surface area contributed by atoms with Crippen LogP contribution in [0.15, 0.2) is 34.9 Å². The van der Waals surface area contributed by atoms with Crippen molar-refractivity contribution in [3.63, 3.8) is 0 Å². The van der Waals surface area contributed by atoms with Gasteiger partial charge in [-0.2, -0.15) is 5.12 Å². The maximum atomic E-state index is 13.4. The van der Waals surface area contributed by atoms with Crippen LogP contribution >= 0.6 is 0 Å². The van der Waals surface area contributed by atoms with E-state index in [1.54, 1.807) is 42.0 Å². The smallest absolute Gasteiger partial charge is 0.157 e. The normalized spacial score (nSPS) is 13.6. The number of rotatable bonds is 2. The van der Waals surface area contributed by atoms with Crippen molar-refractivity contribution in [1.82, 2.24) is 14.7 Å². The fourth-order valence-electron chi connectivity index (χ4n) is 2.64. The van der Waals surface area contributed by atoms with Gasteiger partial charge >= 0.3 is 0 Å². The quantitative estimate of drug-likeness (QED) is 0.712. The van der Waals surface area contributed by atoms with Crippen molar-refractivity contribution in [2.75, 3.05) is 12.4 Å². The third kappa shape index (κ3) is 1.82. The average Bonchev–Trinajstić information content (AvgIpc) is 3.06. The summed E-state index contributed by atoms with van der Waals surface area (Å²) in [4.78, 5) is 4.51. The van der Waals surface area contributed by atoms with Crippen LogP contribution in [0.5, 0.6) is 5.75 Å². The summed E-state index contributed by atoms with van der Waals surface area (Å²) in [6.07, 6.45) is 2.94. The maximum absolute atomic E-state index is 13.4. The first-order valence-electron chi connectivity index (χ1n) is 6.77. The van der Waals surface area contributed by atoms with Crippen LogP contribution in [0.1, 0.15) is 5.82 Å². The first kappa shape index (κ1) is 12.8. The molecule has 1 aliphatic heterocycles. The van der Waals surface area contributed by atoms with Gasteiger partial charge in [-0.05, 0) is 30.3 Å². The van der Waals surface area contributed by atoms with E-state index in [4.69, 9.17) is 4.42 Å². The lowest BCUT2D eigenvalue weighted by atomic mass is 10.2. The second-order valence-electron chi connectivity index (χ2n) is 5.03. The third-order valence-electron chi connectivity index (χ3n) is 3.63. The van der Waals surface area contributed by atoms with Gasteiger partial charge in [0.1, 0.15) is 35.3 Å². The summed E-state index contributed by atoms with van der Waals surface area (Å²) in [6.45, 7) is 0.0655. The summed E-state index contributed by atoms with van der Waals surface area (Å²) in [6, 6.07) is 6.70. The molecule has 2 N–H and O–H groups in total. The van der Waals surface area contributed by atoms with Crippen molar-refractivity contribution < 1.29 is 14.0 Å². The minimum absolute atomic E-state index is 0.0655. The molecule has 0 atom stereocenters. The van der Waals surface area contributed by atoms with E-state index in [0.717, 1.165) is 5.39 Å². The SMILES string of the molecule is CNc1c(-c2cc3cc(O)ccc3o2)nc2n1CN(F)C=C2. The Morgan fingerprint density at radius 1 is 1.36 bits per heavy atom. The highest BCUT2D eigenvalue weighted by atomic mass is 19.2. The van der Waals surface area contributed by atoms with Gasteiger partial charge in [0, 0.05) is 18.6 Å². The van der Waals surface area contributed by atoms with E-state index in [0.29, 0.717) is 33.8 Å². The highest BCUT2D eigenvalue weighted by molar-refractivity contribution is 5.85. The van der Waals surface area contributed by atoms with Crippen molar-refractivity contribution in [3.8, 4) is 17.2 Å². The summed E-state index contributed by atoms with van der Waals surface area (Å²) in [5.74, 6) is 2.06. The second-order valence-corrected chi connectivity index (χ2v) is 5.03. The number of hydrogen-bond acceptors (Lipinski definition) is 5. The first-order chi connectivity index (χ1) is 10.7. The number of anilines is 1. The highest BCUT2D eigenvalue weighted by Crippen LogP contribution is 2.35. The van der Waals surface area contributed by atoms with Gasteiger partial charge < -0.3 is 14.8 Å². The number of fused-ring (bicyclic) bond motifs is 2.